The van der Waals surface area contributed by atoms with Gasteiger partial charge >= 0.3 is 6.09 Å². The minimum Gasteiger partial charge on any atom is -0.442 e. The Labute approximate surface area is 190 Å². The summed E-state index contributed by atoms with van der Waals surface area (Å²) >= 11 is 5.51. The molecule has 11 heteroatoms. The smallest absolute Gasteiger partial charge is 0.414 e. The lowest BCUT2D eigenvalue weighted by Gasteiger charge is -2.37. The number of carbonyl (C=O) groups excluding carboxylic acids is 2. The molecular formula is C21H23FN6O3S. The maximum absolute atomic E-state index is 15.0. The number of carbonyl (C=O) groups is 2. The van der Waals surface area contributed by atoms with E-state index in [1.54, 1.807) is 30.7 Å². The van der Waals surface area contributed by atoms with Crippen molar-refractivity contribution in [1.82, 2.24) is 20.2 Å². The molecule has 0 bridgehead atoms. The fraction of sp³-hybridized carbons (Fsp3) is 0.381. The Hall–Kier alpha value is -3.34. The van der Waals surface area contributed by atoms with Crippen LogP contribution in [0.1, 0.15) is 12.6 Å². The van der Waals surface area contributed by atoms with Gasteiger partial charge in [-0.3, -0.25) is 19.7 Å². The normalized spacial score (nSPS) is 18.5. The maximum atomic E-state index is 15.0. The van der Waals surface area contributed by atoms with E-state index in [9.17, 15) is 14.0 Å². The number of ether oxygens (including phenoxy) is 1. The fourth-order valence-corrected chi connectivity index (χ4v) is 4.03. The van der Waals surface area contributed by atoms with Crippen LogP contribution in [0.25, 0.3) is 0 Å². The topological polar surface area (TPSA) is 90.9 Å². The number of amides is 2. The molecule has 168 valence electrons. The lowest BCUT2D eigenvalue weighted by Crippen LogP contribution is -2.49. The first kappa shape index (κ1) is 21.9. The molecule has 2 saturated heterocycles. The second-order valence-electron chi connectivity index (χ2n) is 7.56. The minimum absolute atomic E-state index is 0.201. The van der Waals surface area contributed by atoms with E-state index in [1.165, 1.54) is 17.9 Å². The van der Waals surface area contributed by atoms with E-state index in [0.29, 0.717) is 48.2 Å². The van der Waals surface area contributed by atoms with E-state index < -0.39 is 18.0 Å². The third kappa shape index (κ3) is 4.77. The molecule has 0 spiro atoms. The van der Waals surface area contributed by atoms with Crippen molar-refractivity contribution in [1.29, 1.82) is 0 Å². The molecular weight excluding hydrogens is 435 g/mol. The second kappa shape index (κ2) is 9.43. The van der Waals surface area contributed by atoms with Crippen LogP contribution in [0.2, 0.25) is 0 Å². The van der Waals surface area contributed by atoms with Gasteiger partial charge in [-0.05, 0) is 18.2 Å². The number of hydrogen-bond acceptors (Lipinski definition) is 7. The molecule has 2 aliphatic rings. The van der Waals surface area contributed by atoms with Crippen LogP contribution in [-0.4, -0.2) is 77.2 Å². The van der Waals surface area contributed by atoms with E-state index in [1.807, 2.05) is 9.80 Å². The summed E-state index contributed by atoms with van der Waals surface area (Å²) in [7, 11) is 0. The second-order valence-corrected chi connectivity index (χ2v) is 7.95. The van der Waals surface area contributed by atoms with Gasteiger partial charge in [-0.25, -0.2) is 9.18 Å². The van der Waals surface area contributed by atoms with Crippen molar-refractivity contribution in [2.24, 2.45) is 0 Å². The number of thiocarbonyl (C=S) groups is 1. The molecule has 1 atom stereocenters. The van der Waals surface area contributed by atoms with Crippen LogP contribution in [0.4, 0.5) is 20.6 Å². The number of benzene rings is 1. The van der Waals surface area contributed by atoms with Gasteiger partial charge in [-0.1, -0.05) is 12.2 Å². The fourth-order valence-electron chi connectivity index (χ4n) is 3.74. The summed E-state index contributed by atoms with van der Waals surface area (Å²) in [4.78, 5) is 37.5. The van der Waals surface area contributed by atoms with Crippen molar-refractivity contribution < 1.29 is 18.7 Å². The number of nitrogens with one attached hydrogen (secondary N) is 1. The number of cyclic esters (lactones) is 1. The number of aromatic nitrogens is 2. The van der Waals surface area contributed by atoms with Gasteiger partial charge in [0.05, 0.1) is 30.7 Å². The highest BCUT2D eigenvalue weighted by molar-refractivity contribution is 7.80. The summed E-state index contributed by atoms with van der Waals surface area (Å²) in [5.41, 5.74) is 1.55. The Balaban J connectivity index is 1.37. The molecule has 2 amide bonds. The minimum atomic E-state index is -0.557. The molecule has 1 aromatic carbocycles. The molecule has 9 nitrogen and oxygen atoms in total. The summed E-state index contributed by atoms with van der Waals surface area (Å²) in [5, 5.41) is 2.62. The molecule has 0 unspecified atom stereocenters. The molecule has 2 aliphatic heterocycles. The highest BCUT2D eigenvalue weighted by Crippen LogP contribution is 2.28. The van der Waals surface area contributed by atoms with Crippen molar-refractivity contribution >= 4 is 40.6 Å². The number of rotatable bonds is 5. The van der Waals surface area contributed by atoms with Gasteiger partial charge in [-0.2, -0.15) is 0 Å². The van der Waals surface area contributed by atoms with Crippen LogP contribution >= 0.6 is 12.2 Å². The number of anilines is 2. The molecule has 2 aromatic rings. The van der Waals surface area contributed by atoms with E-state index in [-0.39, 0.29) is 19.0 Å². The number of hydrogen-bond donors (Lipinski definition) is 1. The van der Waals surface area contributed by atoms with Gasteiger partial charge in [0.2, 0.25) is 5.91 Å². The van der Waals surface area contributed by atoms with Gasteiger partial charge in [0.1, 0.15) is 22.6 Å². The zero-order valence-corrected chi connectivity index (χ0v) is 18.3. The summed E-state index contributed by atoms with van der Waals surface area (Å²) in [5.74, 6) is -0.613. The third-order valence-electron chi connectivity index (χ3n) is 5.39. The van der Waals surface area contributed by atoms with Crippen LogP contribution in [0.5, 0.6) is 0 Å². The van der Waals surface area contributed by atoms with Crippen LogP contribution < -0.4 is 15.1 Å². The predicted molar refractivity (Wildman–Crippen MR) is 120 cm³/mol. The summed E-state index contributed by atoms with van der Waals surface area (Å²) in [6, 6.07) is 4.72. The molecule has 0 saturated carbocycles. The molecule has 32 heavy (non-hydrogen) atoms. The lowest BCUT2D eigenvalue weighted by molar-refractivity contribution is -0.119. The highest BCUT2D eigenvalue weighted by atomic mass is 32.1. The van der Waals surface area contributed by atoms with Crippen LogP contribution in [0.3, 0.4) is 0 Å². The van der Waals surface area contributed by atoms with Gasteiger partial charge in [0.15, 0.2) is 0 Å². The average molecular weight is 459 g/mol. The van der Waals surface area contributed by atoms with Crippen molar-refractivity contribution in [3.63, 3.8) is 0 Å². The van der Waals surface area contributed by atoms with Crippen LogP contribution in [0, 0.1) is 5.82 Å². The van der Waals surface area contributed by atoms with Gasteiger partial charge in [-0.15, -0.1) is 0 Å². The summed E-state index contributed by atoms with van der Waals surface area (Å²) in [6.45, 7) is 4.34. The van der Waals surface area contributed by atoms with Crippen molar-refractivity contribution in [3.05, 3.63) is 48.3 Å². The average Bonchev–Trinajstić information content (AvgIpc) is 3.18. The molecule has 1 N–H and O–H groups in total. The molecule has 3 heterocycles. The zero-order valence-electron chi connectivity index (χ0n) is 17.5. The third-order valence-corrected chi connectivity index (χ3v) is 5.85. The maximum Gasteiger partial charge on any atom is 0.414 e. The van der Waals surface area contributed by atoms with Gasteiger partial charge in [0.25, 0.3) is 0 Å². The Morgan fingerprint density at radius 2 is 2.06 bits per heavy atom. The first-order valence-corrected chi connectivity index (χ1v) is 10.7. The molecule has 0 aliphatic carbocycles. The standard InChI is InChI=1S/C21H23FN6O3S/c1-14(29)25-11-16-13-28(21(30)31-16)15-2-3-19(17(22)10-15)26-6-8-27(9-7-26)20(32)18-12-23-4-5-24-18/h2-5,10,12,16H,6-9,11,13H2,1H3,(H,25,29)/t16-/m0/s1. The van der Waals surface area contributed by atoms with Crippen LogP contribution in [-0.2, 0) is 9.53 Å². The van der Waals surface area contributed by atoms with E-state index in [2.05, 4.69) is 15.3 Å². The van der Waals surface area contributed by atoms with Crippen LogP contribution in [0.15, 0.2) is 36.8 Å². The molecule has 1 aromatic heterocycles. The van der Waals surface area contributed by atoms with Crippen molar-refractivity contribution in [2.45, 2.75) is 13.0 Å². The quantitative estimate of drug-likeness (QED) is 0.676. The number of piperazine rings is 1. The van der Waals surface area contributed by atoms with Gasteiger partial charge < -0.3 is 19.9 Å². The summed E-state index contributed by atoms with van der Waals surface area (Å²) < 4.78 is 20.2. The molecule has 0 radical (unpaired) electrons. The van der Waals surface area contributed by atoms with E-state index in [0.717, 1.165) is 0 Å². The van der Waals surface area contributed by atoms with Crippen molar-refractivity contribution in [2.75, 3.05) is 49.1 Å². The predicted octanol–water partition coefficient (Wildman–Crippen LogP) is 1.57. The Morgan fingerprint density at radius 3 is 2.72 bits per heavy atom. The number of nitrogens with zero attached hydrogens (tertiary/aromatic N) is 5. The SMILES string of the molecule is CC(=O)NC[C@H]1CN(c2ccc(N3CCN(C(=S)c4cnccn4)CC3)c(F)c2)C(=O)O1. The zero-order chi connectivity index (χ0) is 22.7. The monoisotopic (exact) mass is 458 g/mol. The highest BCUT2D eigenvalue weighted by Gasteiger charge is 2.33. The largest absolute Gasteiger partial charge is 0.442 e. The Kier molecular flexibility index (Phi) is 6.45. The van der Waals surface area contributed by atoms with Gasteiger partial charge in [0, 0.05) is 45.5 Å². The van der Waals surface area contributed by atoms with E-state index in [4.69, 9.17) is 17.0 Å². The molecule has 2 fully saturated rings. The summed E-state index contributed by atoms with van der Waals surface area (Å²) in [6.07, 6.45) is 3.81. The lowest BCUT2D eigenvalue weighted by atomic mass is 10.2. The Morgan fingerprint density at radius 1 is 1.28 bits per heavy atom. The first-order valence-electron chi connectivity index (χ1n) is 10.2. The first-order chi connectivity index (χ1) is 15.4. The van der Waals surface area contributed by atoms with E-state index >= 15 is 0 Å². The van der Waals surface area contributed by atoms with Crippen molar-refractivity contribution in [3.8, 4) is 0 Å². The molecule has 4 rings (SSSR count). The number of halogens is 1. The Bertz CT molecular complexity index is 1020.